The molecule has 0 saturated carbocycles. The van der Waals surface area contributed by atoms with E-state index in [1.165, 1.54) is 0 Å². The number of thiocarbonyl (C=S) groups is 1. The van der Waals surface area contributed by atoms with Crippen LogP contribution in [0, 0.1) is 0 Å². The summed E-state index contributed by atoms with van der Waals surface area (Å²) in [5.41, 5.74) is 1.62. The fraction of sp³-hybridized carbons (Fsp3) is 0.263. The van der Waals surface area contributed by atoms with E-state index in [9.17, 15) is 4.79 Å². The first-order valence-corrected chi connectivity index (χ1v) is 8.35. The summed E-state index contributed by atoms with van der Waals surface area (Å²) in [5.74, 6) is 0.317. The Balaban J connectivity index is 2.00. The maximum absolute atomic E-state index is 12.5. The first kappa shape index (κ1) is 17.9. The zero-order valence-corrected chi connectivity index (χ0v) is 14.8. The van der Waals surface area contributed by atoms with Crippen LogP contribution in [0.2, 0.25) is 0 Å². The van der Waals surface area contributed by atoms with E-state index >= 15 is 0 Å². The van der Waals surface area contributed by atoms with Crippen LogP contribution in [0.4, 0.5) is 0 Å². The number of nitrogens with one attached hydrogen (secondary N) is 1. The van der Waals surface area contributed by atoms with Gasteiger partial charge >= 0.3 is 0 Å². The van der Waals surface area contributed by atoms with E-state index in [4.69, 9.17) is 17.0 Å². The molecule has 0 saturated heterocycles. The lowest BCUT2D eigenvalue weighted by Gasteiger charge is -2.21. The van der Waals surface area contributed by atoms with Crippen LogP contribution in [-0.2, 0) is 6.54 Å². The Labute approximate surface area is 148 Å². The second-order valence-electron chi connectivity index (χ2n) is 5.45. The van der Waals surface area contributed by atoms with Gasteiger partial charge in [-0.1, -0.05) is 49.4 Å². The van der Waals surface area contributed by atoms with Gasteiger partial charge in [0.25, 0.3) is 5.91 Å². The lowest BCUT2D eigenvalue weighted by molar-refractivity contribution is 0.0969. The van der Waals surface area contributed by atoms with Crippen LogP contribution in [-0.4, -0.2) is 29.6 Å². The molecule has 0 heterocycles. The van der Waals surface area contributed by atoms with Gasteiger partial charge in [0.15, 0.2) is 5.11 Å². The molecule has 0 fully saturated rings. The first-order chi connectivity index (χ1) is 11.6. The topological polar surface area (TPSA) is 41.6 Å². The maximum atomic E-state index is 12.5. The summed E-state index contributed by atoms with van der Waals surface area (Å²) in [7, 11) is 1.86. The Morgan fingerprint density at radius 2 is 1.79 bits per heavy atom. The number of rotatable bonds is 6. The predicted molar refractivity (Wildman–Crippen MR) is 100 cm³/mol. The zero-order valence-electron chi connectivity index (χ0n) is 14.0. The third-order valence-electron chi connectivity index (χ3n) is 3.42. The van der Waals surface area contributed by atoms with E-state index in [2.05, 4.69) is 5.32 Å². The second kappa shape index (κ2) is 9.03. The van der Waals surface area contributed by atoms with Gasteiger partial charge in [-0.15, -0.1) is 0 Å². The smallest absolute Gasteiger partial charge is 0.261 e. The number of hydrogen-bond donors (Lipinski definition) is 1. The van der Waals surface area contributed by atoms with Gasteiger partial charge in [-0.3, -0.25) is 10.1 Å². The van der Waals surface area contributed by atoms with Crippen molar-refractivity contribution in [3.8, 4) is 5.75 Å². The van der Waals surface area contributed by atoms with E-state index < -0.39 is 0 Å². The van der Waals surface area contributed by atoms with Crippen molar-refractivity contribution < 1.29 is 9.53 Å². The molecule has 24 heavy (non-hydrogen) atoms. The first-order valence-electron chi connectivity index (χ1n) is 7.94. The van der Waals surface area contributed by atoms with Crippen molar-refractivity contribution in [1.82, 2.24) is 10.2 Å². The molecular weight excluding hydrogens is 320 g/mol. The molecule has 0 radical (unpaired) electrons. The lowest BCUT2D eigenvalue weighted by atomic mass is 10.2. The van der Waals surface area contributed by atoms with Gasteiger partial charge in [0, 0.05) is 13.6 Å². The molecular formula is C19H22N2O2S. The molecule has 126 valence electrons. The normalized spacial score (nSPS) is 10.1. The Morgan fingerprint density at radius 1 is 1.12 bits per heavy atom. The zero-order chi connectivity index (χ0) is 17.4. The quantitative estimate of drug-likeness (QED) is 0.814. The van der Waals surface area contributed by atoms with Crippen LogP contribution < -0.4 is 10.1 Å². The highest BCUT2D eigenvalue weighted by Crippen LogP contribution is 2.18. The molecule has 2 aromatic rings. The Bertz CT molecular complexity index is 689. The molecule has 0 atom stereocenters. The minimum atomic E-state index is -0.258. The number of nitrogens with zero attached hydrogens (tertiary/aromatic N) is 1. The van der Waals surface area contributed by atoms with Gasteiger partial charge in [-0.2, -0.15) is 0 Å². The summed E-state index contributed by atoms with van der Waals surface area (Å²) >= 11 is 5.34. The van der Waals surface area contributed by atoms with Gasteiger partial charge < -0.3 is 9.64 Å². The number of para-hydroxylation sites is 1. The highest BCUT2D eigenvalue weighted by Gasteiger charge is 2.15. The molecule has 4 nitrogen and oxygen atoms in total. The molecule has 0 unspecified atom stereocenters. The Morgan fingerprint density at radius 3 is 2.50 bits per heavy atom. The number of hydrogen-bond acceptors (Lipinski definition) is 3. The number of benzene rings is 2. The minimum absolute atomic E-state index is 0.258. The summed E-state index contributed by atoms with van der Waals surface area (Å²) in [4.78, 5) is 14.3. The van der Waals surface area contributed by atoms with E-state index in [0.29, 0.717) is 29.6 Å². The number of carbonyl (C=O) groups excluding carboxylic acids is 1. The van der Waals surface area contributed by atoms with Crippen LogP contribution >= 0.6 is 12.2 Å². The van der Waals surface area contributed by atoms with E-state index in [-0.39, 0.29) is 5.91 Å². The molecule has 5 heteroatoms. The standard InChI is InChI=1S/C19H22N2O2S/c1-3-13-23-17-12-8-7-11-16(17)18(22)20-19(24)21(2)14-15-9-5-4-6-10-15/h4-12H,3,13-14H2,1-2H3,(H,20,22,24). The van der Waals surface area contributed by atoms with Crippen molar-refractivity contribution in [2.24, 2.45) is 0 Å². The minimum Gasteiger partial charge on any atom is -0.493 e. The number of ether oxygens (including phenoxy) is 1. The van der Waals surface area contributed by atoms with Crippen molar-refractivity contribution >= 4 is 23.2 Å². The van der Waals surface area contributed by atoms with E-state index in [1.54, 1.807) is 12.1 Å². The maximum Gasteiger partial charge on any atom is 0.261 e. The Hall–Kier alpha value is -2.40. The summed E-state index contributed by atoms with van der Waals surface area (Å²) in [6.45, 7) is 3.23. The third-order valence-corrected chi connectivity index (χ3v) is 3.84. The van der Waals surface area contributed by atoms with Crippen molar-refractivity contribution in [3.63, 3.8) is 0 Å². The molecule has 0 bridgehead atoms. The van der Waals surface area contributed by atoms with Crippen LogP contribution in [0.5, 0.6) is 5.75 Å². The van der Waals surface area contributed by atoms with Crippen molar-refractivity contribution in [3.05, 3.63) is 65.7 Å². The molecule has 1 N–H and O–H groups in total. The summed E-state index contributed by atoms with van der Waals surface area (Å²) in [6, 6.07) is 17.2. The second-order valence-corrected chi connectivity index (χ2v) is 5.83. The van der Waals surface area contributed by atoms with Crippen LogP contribution in [0.25, 0.3) is 0 Å². The fourth-order valence-electron chi connectivity index (χ4n) is 2.18. The van der Waals surface area contributed by atoms with Crippen molar-refractivity contribution in [2.75, 3.05) is 13.7 Å². The highest BCUT2D eigenvalue weighted by molar-refractivity contribution is 7.80. The highest BCUT2D eigenvalue weighted by atomic mass is 32.1. The molecule has 2 rings (SSSR count). The SMILES string of the molecule is CCCOc1ccccc1C(=O)NC(=S)N(C)Cc1ccccc1. The van der Waals surface area contributed by atoms with Gasteiger partial charge in [0.1, 0.15) is 5.75 Å². The number of carbonyl (C=O) groups is 1. The Kier molecular flexibility index (Phi) is 6.75. The molecule has 2 aromatic carbocycles. The molecule has 0 aliphatic rings. The van der Waals surface area contributed by atoms with E-state index in [0.717, 1.165) is 12.0 Å². The molecule has 0 spiro atoms. The molecule has 0 aliphatic heterocycles. The van der Waals surface area contributed by atoms with Crippen LogP contribution in [0.15, 0.2) is 54.6 Å². The fourth-order valence-corrected chi connectivity index (χ4v) is 2.34. The van der Waals surface area contributed by atoms with E-state index in [1.807, 2.05) is 61.3 Å². The van der Waals surface area contributed by atoms with Crippen LogP contribution in [0.3, 0.4) is 0 Å². The van der Waals surface area contributed by atoms with Crippen molar-refractivity contribution in [1.29, 1.82) is 0 Å². The largest absolute Gasteiger partial charge is 0.493 e. The van der Waals surface area contributed by atoms with Crippen LogP contribution in [0.1, 0.15) is 29.3 Å². The van der Waals surface area contributed by atoms with Gasteiger partial charge in [-0.05, 0) is 36.3 Å². The van der Waals surface area contributed by atoms with Gasteiger partial charge in [0.2, 0.25) is 0 Å². The summed E-state index contributed by atoms with van der Waals surface area (Å²) in [5, 5.41) is 3.15. The average Bonchev–Trinajstić information content (AvgIpc) is 2.61. The summed E-state index contributed by atoms with van der Waals surface area (Å²) in [6.07, 6.45) is 0.883. The monoisotopic (exact) mass is 342 g/mol. The molecule has 0 aliphatic carbocycles. The molecule has 1 amide bonds. The number of amides is 1. The van der Waals surface area contributed by atoms with Gasteiger partial charge in [-0.25, -0.2) is 0 Å². The van der Waals surface area contributed by atoms with Crippen molar-refractivity contribution in [2.45, 2.75) is 19.9 Å². The third kappa shape index (κ3) is 5.06. The molecule has 0 aromatic heterocycles. The average molecular weight is 342 g/mol. The summed E-state index contributed by atoms with van der Waals surface area (Å²) < 4.78 is 5.63. The predicted octanol–water partition coefficient (Wildman–Crippen LogP) is 3.62. The van der Waals surface area contributed by atoms with Gasteiger partial charge in [0.05, 0.1) is 12.2 Å². The lowest BCUT2D eigenvalue weighted by Crippen LogP contribution is -2.40.